The predicted octanol–water partition coefficient (Wildman–Crippen LogP) is 1.94. The molecule has 3 atom stereocenters. The zero-order valence-electron chi connectivity index (χ0n) is 9.46. The zero-order chi connectivity index (χ0) is 10.4. The summed E-state index contributed by atoms with van der Waals surface area (Å²) in [5.41, 5.74) is 4.42. The third-order valence-electron chi connectivity index (χ3n) is 3.78. The minimum atomic E-state index is 0.452. The molecule has 0 aromatic heterocycles. The van der Waals surface area contributed by atoms with Crippen LogP contribution < -0.4 is 5.32 Å². The van der Waals surface area contributed by atoms with Crippen LogP contribution >= 0.6 is 0 Å². The first kappa shape index (κ1) is 9.34. The maximum absolute atomic E-state index is 4.91. The van der Waals surface area contributed by atoms with Gasteiger partial charge in [0.25, 0.3) is 0 Å². The largest absolute Gasteiger partial charge is 0.315 e. The Kier molecular flexibility index (Phi) is 2.06. The van der Waals surface area contributed by atoms with Gasteiger partial charge in [-0.05, 0) is 18.9 Å². The highest BCUT2D eigenvalue weighted by atomic mass is 15.0. The lowest BCUT2D eigenvalue weighted by Crippen LogP contribution is -2.36. The van der Waals surface area contributed by atoms with Gasteiger partial charge in [0, 0.05) is 30.6 Å². The molecule has 0 aromatic rings. The van der Waals surface area contributed by atoms with Gasteiger partial charge in [0.1, 0.15) is 0 Å². The fraction of sp³-hybridized carbons (Fsp3) is 0.615. The van der Waals surface area contributed by atoms with Crippen molar-refractivity contribution in [3.05, 3.63) is 23.3 Å². The third-order valence-corrected chi connectivity index (χ3v) is 3.78. The van der Waals surface area contributed by atoms with E-state index in [1.54, 1.807) is 5.57 Å². The summed E-state index contributed by atoms with van der Waals surface area (Å²) in [6.07, 6.45) is 5.85. The van der Waals surface area contributed by atoms with Gasteiger partial charge in [-0.3, -0.25) is 4.99 Å². The van der Waals surface area contributed by atoms with Crippen molar-refractivity contribution in [2.75, 3.05) is 13.1 Å². The van der Waals surface area contributed by atoms with E-state index in [9.17, 15) is 0 Å². The molecular weight excluding hydrogens is 184 g/mol. The molecule has 2 aliphatic heterocycles. The molecule has 0 radical (unpaired) electrons. The lowest BCUT2D eigenvalue weighted by Gasteiger charge is -2.26. The molecule has 0 spiro atoms. The number of hydrogen-bond donors (Lipinski definition) is 1. The van der Waals surface area contributed by atoms with Gasteiger partial charge in [0.15, 0.2) is 0 Å². The number of hydrogen-bond acceptors (Lipinski definition) is 2. The monoisotopic (exact) mass is 202 g/mol. The Morgan fingerprint density at radius 1 is 1.47 bits per heavy atom. The van der Waals surface area contributed by atoms with Crippen molar-refractivity contribution in [2.24, 2.45) is 16.8 Å². The summed E-state index contributed by atoms with van der Waals surface area (Å²) in [5, 5.41) is 3.48. The summed E-state index contributed by atoms with van der Waals surface area (Å²) in [5.74, 6) is 1.19. The van der Waals surface area contributed by atoms with E-state index in [0.717, 1.165) is 19.5 Å². The van der Waals surface area contributed by atoms with Crippen molar-refractivity contribution in [1.82, 2.24) is 5.32 Å². The molecule has 3 unspecified atom stereocenters. The average Bonchev–Trinajstić information content (AvgIpc) is 2.57. The first-order chi connectivity index (χ1) is 7.25. The van der Waals surface area contributed by atoms with Crippen LogP contribution in [-0.4, -0.2) is 24.8 Å². The van der Waals surface area contributed by atoms with Gasteiger partial charge in [-0.2, -0.15) is 0 Å². The highest BCUT2D eigenvalue weighted by molar-refractivity contribution is 5.93. The molecule has 1 N–H and O–H groups in total. The Labute approximate surface area is 91.2 Å². The lowest BCUT2D eigenvalue weighted by atomic mass is 9.81. The van der Waals surface area contributed by atoms with Crippen LogP contribution in [0.25, 0.3) is 0 Å². The SMILES string of the molecule is CC1=CC(C)C2N=C3CCNCC3C2=C1. The molecule has 1 aliphatic carbocycles. The number of aliphatic imine (C=N–C) groups is 1. The molecular formula is C13H18N2. The zero-order valence-corrected chi connectivity index (χ0v) is 9.46. The van der Waals surface area contributed by atoms with Crippen molar-refractivity contribution in [3.8, 4) is 0 Å². The third kappa shape index (κ3) is 1.39. The number of allylic oxidation sites excluding steroid dienone is 2. The van der Waals surface area contributed by atoms with Crippen molar-refractivity contribution >= 4 is 5.71 Å². The van der Waals surface area contributed by atoms with Crippen LogP contribution in [0.1, 0.15) is 20.3 Å². The van der Waals surface area contributed by atoms with Gasteiger partial charge in [0.2, 0.25) is 0 Å². The maximum Gasteiger partial charge on any atom is 0.0778 e. The summed E-state index contributed by atoms with van der Waals surface area (Å²) < 4.78 is 0. The number of fused-ring (bicyclic) bond motifs is 3. The number of rotatable bonds is 0. The topological polar surface area (TPSA) is 24.4 Å². The second-order valence-corrected chi connectivity index (χ2v) is 4.99. The van der Waals surface area contributed by atoms with E-state index >= 15 is 0 Å². The van der Waals surface area contributed by atoms with Crippen LogP contribution in [-0.2, 0) is 0 Å². The molecule has 3 rings (SSSR count). The quantitative estimate of drug-likeness (QED) is 0.638. The van der Waals surface area contributed by atoms with Gasteiger partial charge in [0.05, 0.1) is 6.04 Å². The van der Waals surface area contributed by atoms with Crippen LogP contribution in [0, 0.1) is 11.8 Å². The van der Waals surface area contributed by atoms with Crippen molar-refractivity contribution in [1.29, 1.82) is 0 Å². The number of nitrogens with zero attached hydrogens (tertiary/aromatic N) is 1. The summed E-state index contributed by atoms with van der Waals surface area (Å²) in [6, 6.07) is 0.452. The van der Waals surface area contributed by atoms with Crippen LogP contribution in [0.3, 0.4) is 0 Å². The molecule has 2 heteroatoms. The second-order valence-electron chi connectivity index (χ2n) is 4.99. The van der Waals surface area contributed by atoms with E-state index in [-0.39, 0.29) is 0 Å². The normalized spacial score (nSPS) is 38.8. The minimum Gasteiger partial charge on any atom is -0.315 e. The molecule has 0 bridgehead atoms. The fourth-order valence-corrected chi connectivity index (χ4v) is 3.10. The number of nitrogens with one attached hydrogen (secondary N) is 1. The molecule has 15 heavy (non-hydrogen) atoms. The van der Waals surface area contributed by atoms with Gasteiger partial charge < -0.3 is 5.32 Å². The predicted molar refractivity (Wildman–Crippen MR) is 63.2 cm³/mol. The Hall–Kier alpha value is -0.890. The molecule has 0 amide bonds. The first-order valence-electron chi connectivity index (χ1n) is 5.93. The van der Waals surface area contributed by atoms with Gasteiger partial charge in [-0.25, -0.2) is 0 Å². The van der Waals surface area contributed by atoms with E-state index in [1.807, 2.05) is 0 Å². The summed E-state index contributed by atoms with van der Waals surface area (Å²) in [4.78, 5) is 4.91. The fourth-order valence-electron chi connectivity index (χ4n) is 3.10. The lowest BCUT2D eigenvalue weighted by molar-refractivity contribution is 0.553. The Balaban J connectivity index is 1.99. The molecule has 80 valence electrons. The minimum absolute atomic E-state index is 0.452. The molecule has 1 saturated heterocycles. The van der Waals surface area contributed by atoms with Gasteiger partial charge in [-0.15, -0.1) is 0 Å². The molecule has 2 heterocycles. The molecule has 3 aliphatic rings. The van der Waals surface area contributed by atoms with Gasteiger partial charge in [-0.1, -0.05) is 24.6 Å². The standard InChI is InChI=1S/C13H18N2/c1-8-5-9(2)13-10(6-8)11-7-14-4-3-12(11)15-13/h5-6,9,11,13-14H,3-4,7H2,1-2H3. The van der Waals surface area contributed by atoms with Crippen molar-refractivity contribution in [2.45, 2.75) is 26.3 Å². The van der Waals surface area contributed by atoms with Crippen LogP contribution in [0.2, 0.25) is 0 Å². The van der Waals surface area contributed by atoms with E-state index in [4.69, 9.17) is 4.99 Å². The highest BCUT2D eigenvalue weighted by Gasteiger charge is 2.37. The van der Waals surface area contributed by atoms with E-state index < -0.39 is 0 Å². The van der Waals surface area contributed by atoms with Crippen LogP contribution in [0.5, 0.6) is 0 Å². The Morgan fingerprint density at radius 2 is 2.33 bits per heavy atom. The summed E-state index contributed by atoms with van der Waals surface area (Å²) in [6.45, 7) is 6.70. The van der Waals surface area contributed by atoms with Gasteiger partial charge >= 0.3 is 0 Å². The van der Waals surface area contributed by atoms with Crippen LogP contribution in [0.15, 0.2) is 28.3 Å². The van der Waals surface area contributed by atoms with Crippen molar-refractivity contribution < 1.29 is 0 Å². The molecule has 2 nitrogen and oxygen atoms in total. The first-order valence-corrected chi connectivity index (χ1v) is 5.93. The van der Waals surface area contributed by atoms with E-state index in [0.29, 0.717) is 17.9 Å². The smallest absolute Gasteiger partial charge is 0.0778 e. The highest BCUT2D eigenvalue weighted by Crippen LogP contribution is 2.37. The van der Waals surface area contributed by atoms with Crippen molar-refractivity contribution in [3.63, 3.8) is 0 Å². The van der Waals surface area contributed by atoms with E-state index in [2.05, 4.69) is 31.3 Å². The Morgan fingerprint density at radius 3 is 3.20 bits per heavy atom. The maximum atomic E-state index is 4.91. The molecule has 0 aromatic carbocycles. The average molecular weight is 202 g/mol. The van der Waals surface area contributed by atoms with Crippen LogP contribution in [0.4, 0.5) is 0 Å². The molecule has 0 saturated carbocycles. The number of piperidine rings is 1. The molecule has 1 fully saturated rings. The summed E-state index contributed by atoms with van der Waals surface area (Å²) in [7, 11) is 0. The summed E-state index contributed by atoms with van der Waals surface area (Å²) >= 11 is 0. The Bertz CT molecular complexity index is 376. The second kappa shape index (κ2) is 3.31. The van der Waals surface area contributed by atoms with E-state index in [1.165, 1.54) is 11.3 Å².